The lowest BCUT2D eigenvalue weighted by Gasteiger charge is -2.32. The quantitative estimate of drug-likeness (QED) is 0.0503. The molecule has 8 atom stereocenters. The second kappa shape index (κ2) is 25.9. The van der Waals surface area contributed by atoms with Crippen LogP contribution in [0.5, 0.6) is 11.5 Å². The van der Waals surface area contributed by atoms with Gasteiger partial charge < -0.3 is 28.4 Å². The number of nitrogens with one attached hydrogen (secondary N) is 2. The Kier molecular flexibility index (Phi) is 17.8. The molecule has 4 aliphatic heterocycles. The van der Waals surface area contributed by atoms with Gasteiger partial charge in [-0.1, -0.05) is 40.9 Å². The van der Waals surface area contributed by atoms with Crippen LogP contribution in [0.25, 0.3) is 30.4 Å². The lowest BCUT2D eigenvalue weighted by molar-refractivity contribution is -0.124. The SMILES string of the molecule is Cc1c(-n2nccn2)sc2c1c(=O)n(C1(C(=O)NS(=O)(=O)C(C)(C)Cc3cnn(-c4sc5c(c4C)c(=O)n(C4(C(=O)NS(=O)(=O)C6(C)CC6)CC4)c(=O)n5C[C@H](O[C@@H]4C[C@H]5CC[C@@H](C4)O5)c4cc(F)ccc4OC(F)F)n3)CC1)c(=O)n2C[C@H](O[C@@H]1C[C@H]2CC[C@@H](C1)O2)c1ccccc1OC(F)F. The van der Waals surface area contributed by atoms with E-state index in [9.17, 15) is 39.2 Å². The predicted molar refractivity (Wildman–Crippen MR) is 360 cm³/mol. The van der Waals surface area contributed by atoms with Gasteiger partial charge in [-0.3, -0.25) is 37.8 Å². The Morgan fingerprint density at radius 3 is 1.60 bits per heavy atom. The molecule has 7 fully saturated rings. The summed E-state index contributed by atoms with van der Waals surface area (Å²) in [7, 11) is -9.20. The standard InChI is InChI=1S/C66H71F5N12O16S4/c1-33-49-51(84)80(61(88)78(55(49)100-53(33)82-72-22-23-73-82)31-47(43-8-6-7-9-45(43)98-59(68)69)96-41-25-37-11-12-38(26-41)94-37)65(18-19-65)57(86)76-102(90,91)63(3,4)29-36-30-74-83(75-36)54-34(2)50-52(85)81(66(20-21-66)58(87)77-103(92,93)64(5)16-17-64)62(89)79(56(50)101-54)32-48(97-42-27-39-13-14-40(28-42)95-39)44-24-35(67)10-15-46(44)99-60(70)71/h6-10,15,22-24,30,37-42,47-48,59-60H,11-14,16-21,25-29,31-32H2,1-5H3,(H,76,86)(H,77,87)/t37-,38+,39-,40+,41-,42-,47-,48-/m0/s1. The molecule has 4 saturated heterocycles. The van der Waals surface area contributed by atoms with Crippen LogP contribution >= 0.6 is 22.7 Å². The first-order chi connectivity index (χ1) is 48.9. The number of thiophene rings is 2. The highest BCUT2D eigenvalue weighted by atomic mass is 32.2. The molecule has 7 aliphatic rings. The molecule has 3 aliphatic carbocycles. The summed E-state index contributed by atoms with van der Waals surface area (Å²) in [6.07, 6.45) is 3.54. The van der Waals surface area contributed by atoms with Gasteiger partial charge in [0.2, 0.25) is 20.0 Å². The number of benzene rings is 2. The predicted octanol–water partition coefficient (Wildman–Crippen LogP) is 7.26. The second-order valence-electron chi connectivity index (χ2n) is 28.6. The Balaban J connectivity index is 0.764. The number of carbonyl (C=O) groups excluding carboxylic acids is 2. The minimum absolute atomic E-state index is 0.00277. The highest BCUT2D eigenvalue weighted by Crippen LogP contribution is 2.49. The van der Waals surface area contributed by atoms with E-state index in [0.29, 0.717) is 53.7 Å². The molecular weight excluding hydrogens is 1440 g/mol. The number of ether oxygens (including phenoxy) is 6. The number of alkyl halides is 4. The van der Waals surface area contributed by atoms with Crippen LogP contribution in [0.15, 0.2) is 80.2 Å². The maximum atomic E-state index is 15.5. The molecule has 2 aromatic carbocycles. The van der Waals surface area contributed by atoms with Crippen LogP contribution in [0.3, 0.4) is 0 Å². The van der Waals surface area contributed by atoms with Crippen LogP contribution < -0.4 is 41.4 Å². The van der Waals surface area contributed by atoms with Crippen molar-refractivity contribution in [2.45, 2.75) is 227 Å². The van der Waals surface area contributed by atoms with E-state index in [0.717, 1.165) is 67.6 Å². The number of hydrogen-bond acceptors (Lipinski definition) is 22. The molecule has 37 heteroatoms. The summed E-state index contributed by atoms with van der Waals surface area (Å²) in [6.45, 7) is -0.566. The number of hydrogen-bond donors (Lipinski definition) is 2. The number of amides is 2. The van der Waals surface area contributed by atoms with Crippen molar-refractivity contribution in [3.05, 3.63) is 136 Å². The van der Waals surface area contributed by atoms with Gasteiger partial charge in [0.25, 0.3) is 22.9 Å². The first-order valence-electron chi connectivity index (χ1n) is 33.8. The Hall–Kier alpha value is -8.07. The first kappa shape index (κ1) is 70.6. The van der Waals surface area contributed by atoms with Gasteiger partial charge in [0.15, 0.2) is 0 Å². The average molecular weight is 1510 g/mol. The third-order valence-electron chi connectivity index (χ3n) is 21.2. The van der Waals surface area contributed by atoms with Gasteiger partial charge in [-0.2, -0.15) is 38.0 Å². The molecule has 103 heavy (non-hydrogen) atoms. The summed E-state index contributed by atoms with van der Waals surface area (Å²) < 4.78 is 169. The van der Waals surface area contributed by atoms with Crippen LogP contribution in [-0.4, -0.2) is 136 Å². The highest BCUT2D eigenvalue weighted by molar-refractivity contribution is 7.91. The molecule has 0 spiro atoms. The van der Waals surface area contributed by atoms with Crippen molar-refractivity contribution >= 4 is 75.0 Å². The van der Waals surface area contributed by atoms with Crippen LogP contribution in [0, 0.1) is 19.7 Å². The topological polar surface area (TPSA) is 331 Å². The largest absolute Gasteiger partial charge is 0.434 e. The fourth-order valence-corrected chi connectivity index (χ4v) is 19.7. The van der Waals surface area contributed by atoms with E-state index in [1.165, 1.54) is 73.8 Å². The molecule has 8 aromatic rings. The first-order valence-corrected chi connectivity index (χ1v) is 38.4. The molecule has 4 bridgehead atoms. The molecule has 6 aromatic heterocycles. The van der Waals surface area contributed by atoms with Crippen LogP contribution in [0.2, 0.25) is 0 Å². The number of carbonyl (C=O) groups is 2. The van der Waals surface area contributed by atoms with E-state index in [2.05, 4.69) is 29.8 Å². The number of aromatic nitrogens is 10. The Morgan fingerprint density at radius 1 is 0.650 bits per heavy atom. The van der Waals surface area contributed by atoms with Crippen molar-refractivity contribution < 1.29 is 76.8 Å². The number of aryl methyl sites for hydroxylation is 2. The van der Waals surface area contributed by atoms with E-state index < -0.39 is 144 Å². The molecule has 28 nitrogen and oxygen atoms in total. The molecule has 2 N–H and O–H groups in total. The van der Waals surface area contributed by atoms with Crippen LogP contribution in [0.4, 0.5) is 22.0 Å². The van der Waals surface area contributed by atoms with Gasteiger partial charge >= 0.3 is 24.6 Å². The monoisotopic (exact) mass is 1510 g/mol. The number of halogens is 5. The molecule has 10 heterocycles. The Morgan fingerprint density at radius 2 is 1.12 bits per heavy atom. The van der Waals surface area contributed by atoms with Crippen molar-refractivity contribution in [3.8, 4) is 21.5 Å². The van der Waals surface area contributed by atoms with Gasteiger partial charge in [0.05, 0.1) is 94.3 Å². The summed E-state index contributed by atoms with van der Waals surface area (Å²) in [5, 5.41) is 17.8. The van der Waals surface area contributed by atoms with Crippen molar-refractivity contribution in [2.24, 2.45) is 0 Å². The molecule has 550 valence electrons. The summed E-state index contributed by atoms with van der Waals surface area (Å²) in [5.74, 6) is -3.95. The minimum Gasteiger partial charge on any atom is -0.434 e. The number of para-hydroxylation sites is 1. The molecule has 2 amide bonds. The number of rotatable bonds is 26. The Labute approximate surface area is 591 Å². The lowest BCUT2D eigenvalue weighted by atomic mass is 10.0. The van der Waals surface area contributed by atoms with Gasteiger partial charge in [-0.05, 0) is 149 Å². The molecular formula is C66H71F5N12O16S4. The second-order valence-corrected chi connectivity index (χ2v) is 35.1. The van der Waals surface area contributed by atoms with Gasteiger partial charge in [0.1, 0.15) is 60.3 Å². The van der Waals surface area contributed by atoms with Crippen LogP contribution in [0.1, 0.15) is 151 Å². The number of nitrogens with zero attached hydrogens (tertiary/aromatic N) is 10. The molecule has 3 saturated carbocycles. The normalized spacial score (nSPS) is 23.0. The fraction of sp³-hybridized carbons (Fsp3) is 0.545. The van der Waals surface area contributed by atoms with E-state index in [1.54, 1.807) is 13.0 Å². The molecule has 15 rings (SSSR count). The van der Waals surface area contributed by atoms with E-state index >= 15 is 28.4 Å². The van der Waals surface area contributed by atoms with Crippen molar-refractivity contribution in [3.63, 3.8) is 0 Å². The van der Waals surface area contributed by atoms with E-state index in [-0.39, 0.29) is 117 Å². The maximum Gasteiger partial charge on any atom is 0.387 e. The van der Waals surface area contributed by atoms with Crippen molar-refractivity contribution in [1.29, 1.82) is 0 Å². The minimum atomic E-state index is -4.87. The summed E-state index contributed by atoms with van der Waals surface area (Å²) in [6, 6.07) is 8.78. The number of fused-ring (bicyclic) bond motifs is 6. The lowest BCUT2D eigenvalue weighted by Crippen LogP contribution is -2.55. The van der Waals surface area contributed by atoms with Gasteiger partial charge in [0, 0.05) is 28.7 Å². The zero-order chi connectivity index (χ0) is 72.8. The van der Waals surface area contributed by atoms with Crippen molar-refractivity contribution in [1.82, 2.24) is 57.7 Å². The average Bonchev–Trinajstić information content (AvgIpc) is 1.58. The van der Waals surface area contributed by atoms with Gasteiger partial charge in [-0.25, -0.2) is 39.9 Å². The zero-order valence-corrected chi connectivity index (χ0v) is 59.4. The summed E-state index contributed by atoms with van der Waals surface area (Å²) in [5.41, 5.74) is -7.92. The van der Waals surface area contributed by atoms with E-state index in [4.69, 9.17) is 28.4 Å². The van der Waals surface area contributed by atoms with Gasteiger partial charge in [-0.15, -0.1) is 9.59 Å². The highest BCUT2D eigenvalue weighted by Gasteiger charge is 2.60. The number of sulfonamides is 2. The van der Waals surface area contributed by atoms with E-state index in [1.807, 2.05) is 0 Å². The molecule has 0 unspecified atom stereocenters. The third kappa shape index (κ3) is 12.7. The third-order valence-corrected chi connectivity index (χ3v) is 27.9. The Bertz CT molecular complexity index is 5210. The van der Waals surface area contributed by atoms with Crippen LogP contribution in [-0.2, 0) is 79.2 Å². The van der Waals surface area contributed by atoms with Crippen molar-refractivity contribution in [2.75, 3.05) is 0 Å². The zero-order valence-electron chi connectivity index (χ0n) is 56.1. The maximum absolute atomic E-state index is 15.5. The fourth-order valence-electron chi connectivity index (χ4n) is 14.9. The summed E-state index contributed by atoms with van der Waals surface area (Å²) >= 11 is 1.78. The molecule has 0 radical (unpaired) electrons. The summed E-state index contributed by atoms with van der Waals surface area (Å²) in [4.78, 5) is 93.2. The smallest absolute Gasteiger partial charge is 0.387 e.